The SMILES string of the molecule is CC1CCC1.CCC(=O)CC(C)(C)C.CCCC(C)=Nc1ccc(C#N)c(C(F)(F)F)c1C. The van der Waals surface area contributed by atoms with Gasteiger partial charge in [-0.2, -0.15) is 18.4 Å². The van der Waals surface area contributed by atoms with Gasteiger partial charge in [-0.1, -0.05) is 67.2 Å². The molecular weight excluding hydrogens is 425 g/mol. The molecule has 0 N–H and O–H groups in total. The number of Topliss-reactive ketones (excluding diaryl/α,β-unsaturated/α-hetero) is 1. The first-order valence-electron chi connectivity index (χ1n) is 11.8. The first kappa shape index (κ1) is 30.8. The Bertz CT molecular complexity index is 823. The molecule has 1 aliphatic rings. The third kappa shape index (κ3) is 12.6. The van der Waals surface area contributed by atoms with E-state index in [-0.39, 0.29) is 22.2 Å². The lowest BCUT2D eigenvalue weighted by Crippen LogP contribution is -2.11. The van der Waals surface area contributed by atoms with Crippen LogP contribution >= 0.6 is 0 Å². The van der Waals surface area contributed by atoms with E-state index in [1.807, 2.05) is 13.8 Å². The number of ketones is 1. The molecule has 33 heavy (non-hydrogen) atoms. The highest BCUT2D eigenvalue weighted by Crippen LogP contribution is 2.38. The minimum atomic E-state index is -4.54. The minimum Gasteiger partial charge on any atom is -0.300 e. The monoisotopic (exact) mass is 466 g/mol. The molecule has 1 saturated carbocycles. The van der Waals surface area contributed by atoms with E-state index in [2.05, 4.69) is 32.7 Å². The topological polar surface area (TPSA) is 53.2 Å². The fraction of sp³-hybridized carbons (Fsp3) is 0.667. The highest BCUT2D eigenvalue weighted by atomic mass is 19.4. The molecule has 1 aromatic carbocycles. The van der Waals surface area contributed by atoms with Crippen LogP contribution in [0.2, 0.25) is 0 Å². The Kier molecular flexibility index (Phi) is 13.2. The second-order valence-corrected chi connectivity index (χ2v) is 10.0. The zero-order valence-corrected chi connectivity index (χ0v) is 21.6. The summed E-state index contributed by atoms with van der Waals surface area (Å²) in [5, 5.41) is 8.78. The molecule has 0 unspecified atom stereocenters. The Morgan fingerprint density at radius 1 is 1.18 bits per heavy atom. The molecule has 0 aliphatic heterocycles. The van der Waals surface area contributed by atoms with Crippen LogP contribution in [0.1, 0.15) is 110 Å². The summed E-state index contributed by atoms with van der Waals surface area (Å²) >= 11 is 0. The van der Waals surface area contributed by atoms with Crippen molar-refractivity contribution in [3.8, 4) is 6.07 Å². The molecule has 1 aromatic rings. The fourth-order valence-corrected chi connectivity index (χ4v) is 3.23. The van der Waals surface area contributed by atoms with E-state index in [0.717, 1.165) is 24.5 Å². The van der Waals surface area contributed by atoms with E-state index < -0.39 is 11.7 Å². The van der Waals surface area contributed by atoms with Crippen molar-refractivity contribution in [2.45, 2.75) is 107 Å². The van der Waals surface area contributed by atoms with Crippen molar-refractivity contribution >= 4 is 17.2 Å². The van der Waals surface area contributed by atoms with Crippen LogP contribution in [0.25, 0.3) is 0 Å². The van der Waals surface area contributed by atoms with Gasteiger partial charge in [-0.25, -0.2) is 0 Å². The number of nitrogens with zero attached hydrogens (tertiary/aromatic N) is 2. The van der Waals surface area contributed by atoms with E-state index in [1.54, 1.807) is 13.0 Å². The van der Waals surface area contributed by atoms with Gasteiger partial charge in [0, 0.05) is 18.6 Å². The molecule has 2 rings (SSSR count). The summed E-state index contributed by atoms with van der Waals surface area (Å²) in [5.74, 6) is 1.43. The van der Waals surface area contributed by atoms with Gasteiger partial charge in [-0.05, 0) is 49.3 Å². The number of hydrogen-bond acceptors (Lipinski definition) is 3. The second-order valence-electron chi connectivity index (χ2n) is 10.0. The molecule has 6 heteroatoms. The molecule has 0 heterocycles. The Hall–Kier alpha value is -2.16. The zero-order valence-electron chi connectivity index (χ0n) is 21.6. The molecule has 1 fully saturated rings. The van der Waals surface area contributed by atoms with Crippen LogP contribution in [0, 0.1) is 29.6 Å². The molecule has 0 atom stereocenters. The number of aliphatic imine (C=N–C) groups is 1. The lowest BCUT2D eigenvalue weighted by Gasteiger charge is -2.18. The summed E-state index contributed by atoms with van der Waals surface area (Å²) in [6.45, 7) is 15.6. The van der Waals surface area contributed by atoms with Gasteiger partial charge in [0.25, 0.3) is 0 Å². The normalized spacial score (nSPS) is 14.2. The molecule has 1 aliphatic carbocycles. The highest BCUT2D eigenvalue weighted by molar-refractivity contribution is 5.85. The molecule has 0 aromatic heterocycles. The Morgan fingerprint density at radius 3 is 2.03 bits per heavy atom. The molecular formula is C27H41F3N2O. The number of alkyl halides is 3. The van der Waals surface area contributed by atoms with E-state index in [0.29, 0.717) is 18.6 Å². The van der Waals surface area contributed by atoms with E-state index >= 15 is 0 Å². The minimum absolute atomic E-state index is 0.00185. The predicted molar refractivity (Wildman–Crippen MR) is 131 cm³/mol. The Morgan fingerprint density at radius 2 is 1.73 bits per heavy atom. The number of halogens is 3. The summed E-state index contributed by atoms with van der Waals surface area (Å²) in [6, 6.07) is 4.22. The van der Waals surface area contributed by atoms with Gasteiger partial charge in [-0.15, -0.1) is 0 Å². The average Bonchev–Trinajstić information content (AvgIpc) is 2.66. The quantitative estimate of drug-likeness (QED) is 0.407. The number of nitriles is 1. The van der Waals surface area contributed by atoms with Gasteiger partial charge in [0.1, 0.15) is 5.78 Å². The van der Waals surface area contributed by atoms with Crippen LogP contribution in [0.3, 0.4) is 0 Å². The van der Waals surface area contributed by atoms with Gasteiger partial charge in [-0.3, -0.25) is 9.79 Å². The maximum atomic E-state index is 13.0. The van der Waals surface area contributed by atoms with Crippen molar-refractivity contribution in [3.63, 3.8) is 0 Å². The van der Waals surface area contributed by atoms with Crippen LogP contribution in [0.4, 0.5) is 18.9 Å². The smallest absolute Gasteiger partial charge is 0.300 e. The van der Waals surface area contributed by atoms with Gasteiger partial charge >= 0.3 is 6.18 Å². The van der Waals surface area contributed by atoms with Gasteiger partial charge < -0.3 is 0 Å². The lowest BCUT2D eigenvalue weighted by molar-refractivity contribution is -0.138. The van der Waals surface area contributed by atoms with Crippen molar-refractivity contribution in [2.24, 2.45) is 16.3 Å². The standard InChI is InChI=1S/C14H15F3N2.C8H16O.C5H10/c1-4-5-9(2)19-12-7-6-11(8-18)13(10(12)3)14(15,16)17;1-5-7(9)6-8(2,3)4;1-5-3-2-4-5/h6-7H,4-5H2,1-3H3;5-6H2,1-4H3;5H,2-4H2,1H3. The number of rotatable bonds is 5. The average molecular weight is 467 g/mol. The van der Waals surface area contributed by atoms with E-state index in [1.165, 1.54) is 38.3 Å². The number of carbonyl (C=O) groups excluding carboxylic acids is 1. The molecule has 3 nitrogen and oxygen atoms in total. The third-order valence-corrected chi connectivity index (χ3v) is 5.28. The first-order chi connectivity index (χ1) is 15.2. The highest BCUT2D eigenvalue weighted by Gasteiger charge is 2.36. The Balaban J connectivity index is 0.000000598. The molecule has 186 valence electrons. The van der Waals surface area contributed by atoms with E-state index in [4.69, 9.17) is 5.26 Å². The lowest BCUT2D eigenvalue weighted by atomic mass is 9.88. The third-order valence-electron chi connectivity index (χ3n) is 5.28. The van der Waals surface area contributed by atoms with Crippen LogP contribution in [-0.2, 0) is 11.0 Å². The number of hydrogen-bond donors (Lipinski definition) is 0. The molecule has 0 radical (unpaired) electrons. The number of benzene rings is 1. The van der Waals surface area contributed by atoms with Crippen LogP contribution in [-0.4, -0.2) is 11.5 Å². The van der Waals surface area contributed by atoms with Crippen molar-refractivity contribution in [1.82, 2.24) is 0 Å². The molecule has 0 saturated heterocycles. The summed E-state index contributed by atoms with van der Waals surface area (Å²) in [4.78, 5) is 15.0. The predicted octanol–water partition coefficient (Wildman–Crippen LogP) is 8.99. The zero-order chi connectivity index (χ0) is 25.8. The fourth-order valence-electron chi connectivity index (χ4n) is 3.23. The molecule has 0 bridgehead atoms. The summed E-state index contributed by atoms with van der Waals surface area (Å²) in [6.07, 6.45) is 2.93. The van der Waals surface area contributed by atoms with Crippen molar-refractivity contribution in [1.29, 1.82) is 5.26 Å². The Labute approximate surface area is 198 Å². The molecule has 0 amide bonds. The van der Waals surface area contributed by atoms with Gasteiger partial charge in [0.15, 0.2) is 0 Å². The van der Waals surface area contributed by atoms with Crippen molar-refractivity contribution in [3.05, 3.63) is 28.8 Å². The largest absolute Gasteiger partial charge is 0.418 e. The second kappa shape index (κ2) is 14.2. The number of carbonyl (C=O) groups is 1. The molecule has 0 spiro atoms. The maximum Gasteiger partial charge on any atom is 0.418 e. The van der Waals surface area contributed by atoms with Crippen LogP contribution in [0.15, 0.2) is 17.1 Å². The van der Waals surface area contributed by atoms with Gasteiger partial charge in [0.2, 0.25) is 0 Å². The summed E-state index contributed by atoms with van der Waals surface area (Å²) in [5.41, 5.74) is -0.0204. The van der Waals surface area contributed by atoms with E-state index in [9.17, 15) is 18.0 Å². The van der Waals surface area contributed by atoms with Crippen LogP contribution in [0.5, 0.6) is 0 Å². The van der Waals surface area contributed by atoms with Crippen molar-refractivity contribution in [2.75, 3.05) is 0 Å². The summed E-state index contributed by atoms with van der Waals surface area (Å²) in [7, 11) is 0. The maximum absolute atomic E-state index is 13.0. The van der Waals surface area contributed by atoms with Crippen molar-refractivity contribution < 1.29 is 18.0 Å². The van der Waals surface area contributed by atoms with Gasteiger partial charge in [0.05, 0.1) is 22.9 Å². The van der Waals surface area contributed by atoms with Crippen LogP contribution < -0.4 is 0 Å². The first-order valence-corrected chi connectivity index (χ1v) is 11.8. The summed E-state index contributed by atoms with van der Waals surface area (Å²) < 4.78 is 38.9.